The highest BCUT2D eigenvalue weighted by atomic mass is 16.4. The molecule has 0 aromatic heterocycles. The van der Waals surface area contributed by atoms with E-state index in [-0.39, 0.29) is 5.92 Å². The van der Waals surface area contributed by atoms with Gasteiger partial charge in [-0.3, -0.25) is 19.2 Å². The normalized spacial score (nSPS) is 15.8. The minimum Gasteiger partial charge on any atom is -0.481 e. The number of nitrogens with two attached hydrogens (primary N) is 1. The third-order valence-electron chi connectivity index (χ3n) is 4.45. The molecule has 0 aliphatic heterocycles. The quantitative estimate of drug-likeness (QED) is 0.136. The fraction of sp³-hybridized carbons (Fsp3) is 0.706. The molecular weight excluding hydrogens is 404 g/mol. The Morgan fingerprint density at radius 3 is 1.73 bits per heavy atom. The van der Waals surface area contributed by atoms with Crippen LogP contribution in [0.2, 0.25) is 0 Å². The molecule has 13 nitrogen and oxygen atoms in total. The van der Waals surface area contributed by atoms with Gasteiger partial charge in [-0.1, -0.05) is 20.3 Å². The molecule has 0 spiro atoms. The van der Waals surface area contributed by atoms with Crippen molar-refractivity contribution in [3.8, 4) is 0 Å². The van der Waals surface area contributed by atoms with E-state index < -0.39 is 79.9 Å². The van der Waals surface area contributed by atoms with Crippen molar-refractivity contribution in [1.82, 2.24) is 16.0 Å². The van der Waals surface area contributed by atoms with E-state index in [1.807, 2.05) is 12.2 Å². The molecule has 30 heavy (non-hydrogen) atoms. The van der Waals surface area contributed by atoms with Gasteiger partial charge < -0.3 is 42.1 Å². The molecule has 0 saturated heterocycles. The lowest BCUT2D eigenvalue weighted by Crippen LogP contribution is -2.58. The summed E-state index contributed by atoms with van der Waals surface area (Å²) < 4.78 is 0. The molecule has 0 radical (unpaired) electrons. The Kier molecular flexibility index (Phi) is 12.2. The van der Waals surface area contributed by atoms with E-state index in [1.165, 1.54) is 0 Å². The average Bonchev–Trinajstić information content (AvgIpc) is 2.70. The van der Waals surface area contributed by atoms with Crippen LogP contribution in [-0.2, 0) is 24.0 Å². The van der Waals surface area contributed by atoms with Crippen LogP contribution in [0.1, 0.15) is 33.1 Å². The topological polar surface area (TPSA) is 228 Å². The lowest BCUT2D eigenvalue weighted by molar-refractivity contribution is -0.144. The Morgan fingerprint density at radius 1 is 0.833 bits per heavy atom. The van der Waals surface area contributed by atoms with E-state index in [0.29, 0.717) is 6.42 Å². The molecule has 0 heterocycles. The second-order valence-corrected chi connectivity index (χ2v) is 6.73. The number of carboxylic acids is 2. The molecule has 0 aliphatic rings. The molecule has 9 N–H and O–H groups in total. The van der Waals surface area contributed by atoms with E-state index in [0.717, 1.165) is 0 Å². The van der Waals surface area contributed by atoms with Crippen molar-refractivity contribution in [3.05, 3.63) is 0 Å². The number of carboxylic acid groups (broad SMARTS) is 2. The predicted molar refractivity (Wildman–Crippen MR) is 102 cm³/mol. The van der Waals surface area contributed by atoms with Crippen molar-refractivity contribution in [2.75, 3.05) is 13.2 Å². The first-order chi connectivity index (χ1) is 14.0. The second kappa shape index (κ2) is 13.5. The van der Waals surface area contributed by atoms with E-state index in [2.05, 4.69) is 10.6 Å². The largest absolute Gasteiger partial charge is 0.481 e. The highest BCUT2D eigenvalue weighted by Crippen LogP contribution is 2.06. The Morgan fingerprint density at radius 2 is 1.30 bits per heavy atom. The number of aliphatic hydroxyl groups is 2. The predicted octanol–water partition coefficient (Wildman–Crippen LogP) is -3.25. The minimum atomic E-state index is -1.66. The zero-order valence-corrected chi connectivity index (χ0v) is 16.8. The second-order valence-electron chi connectivity index (χ2n) is 6.73. The van der Waals surface area contributed by atoms with Crippen LogP contribution in [0.4, 0.5) is 0 Å². The fourth-order valence-corrected chi connectivity index (χ4v) is 2.24. The molecule has 0 aliphatic carbocycles. The van der Waals surface area contributed by atoms with Crippen molar-refractivity contribution in [2.45, 2.75) is 57.3 Å². The van der Waals surface area contributed by atoms with Crippen molar-refractivity contribution < 1.29 is 44.4 Å². The maximum atomic E-state index is 12.4. The van der Waals surface area contributed by atoms with Crippen LogP contribution in [0.25, 0.3) is 0 Å². The molecule has 0 aromatic rings. The van der Waals surface area contributed by atoms with Gasteiger partial charge in [0.1, 0.15) is 18.1 Å². The van der Waals surface area contributed by atoms with E-state index >= 15 is 0 Å². The number of amides is 3. The molecule has 0 bridgehead atoms. The third-order valence-corrected chi connectivity index (χ3v) is 4.45. The monoisotopic (exact) mass is 434 g/mol. The molecule has 13 heteroatoms. The zero-order valence-electron chi connectivity index (χ0n) is 16.8. The highest BCUT2D eigenvalue weighted by molar-refractivity contribution is 5.94. The average molecular weight is 434 g/mol. The van der Waals surface area contributed by atoms with E-state index in [1.54, 1.807) is 6.92 Å². The van der Waals surface area contributed by atoms with E-state index in [9.17, 15) is 29.1 Å². The Hall–Kier alpha value is -2.77. The third kappa shape index (κ3) is 9.15. The first-order valence-electron chi connectivity index (χ1n) is 9.31. The van der Waals surface area contributed by atoms with Gasteiger partial charge in [-0.25, -0.2) is 4.79 Å². The van der Waals surface area contributed by atoms with Gasteiger partial charge in [0.05, 0.1) is 19.3 Å². The Bertz CT molecular complexity index is 628. The molecular formula is C17H30N4O9. The molecule has 0 rings (SSSR count). The minimum absolute atomic E-state index is 0.201. The number of carbonyl (C=O) groups excluding carboxylic acids is 3. The molecule has 0 aromatic carbocycles. The Labute approximate surface area is 173 Å². The molecule has 3 amide bonds. The number of rotatable bonds is 14. The lowest BCUT2D eigenvalue weighted by Gasteiger charge is -2.24. The van der Waals surface area contributed by atoms with Crippen molar-refractivity contribution >= 4 is 29.7 Å². The number of hydrogen-bond donors (Lipinski definition) is 8. The number of carbonyl (C=O) groups is 5. The molecule has 5 unspecified atom stereocenters. The fourth-order valence-electron chi connectivity index (χ4n) is 2.24. The van der Waals surface area contributed by atoms with Crippen molar-refractivity contribution in [1.29, 1.82) is 0 Å². The van der Waals surface area contributed by atoms with Crippen LogP contribution in [-0.4, -0.2) is 87.5 Å². The van der Waals surface area contributed by atoms with Crippen LogP contribution in [0.5, 0.6) is 0 Å². The molecule has 5 atom stereocenters. The maximum Gasteiger partial charge on any atom is 0.328 e. The summed E-state index contributed by atoms with van der Waals surface area (Å²) in [5.74, 6) is -5.75. The van der Waals surface area contributed by atoms with Gasteiger partial charge in [0.25, 0.3) is 0 Å². The van der Waals surface area contributed by atoms with E-state index in [4.69, 9.17) is 21.1 Å². The first-order valence-corrected chi connectivity index (χ1v) is 9.31. The number of hydrogen-bond acceptors (Lipinski definition) is 8. The van der Waals surface area contributed by atoms with Crippen LogP contribution in [0.15, 0.2) is 0 Å². The van der Waals surface area contributed by atoms with Gasteiger partial charge in [-0.2, -0.15) is 0 Å². The highest BCUT2D eigenvalue weighted by Gasteiger charge is 2.30. The zero-order chi connectivity index (χ0) is 23.4. The van der Waals surface area contributed by atoms with Gasteiger partial charge in [0.15, 0.2) is 0 Å². The summed E-state index contributed by atoms with van der Waals surface area (Å²) in [7, 11) is 0. The van der Waals surface area contributed by atoms with Crippen LogP contribution in [0, 0.1) is 5.92 Å². The van der Waals surface area contributed by atoms with Crippen LogP contribution < -0.4 is 21.7 Å². The summed E-state index contributed by atoms with van der Waals surface area (Å²) in [4.78, 5) is 58.6. The van der Waals surface area contributed by atoms with Gasteiger partial charge in [-0.05, 0) is 12.3 Å². The van der Waals surface area contributed by atoms with Crippen LogP contribution >= 0.6 is 0 Å². The summed E-state index contributed by atoms with van der Waals surface area (Å²) in [6, 6.07) is -5.57. The Balaban J connectivity index is 5.26. The SMILES string of the molecule is CCC(C)C(N)C(=O)NC(CO)C(=O)NC(CCC(=O)O)C(=O)NC(CO)C(=O)O. The van der Waals surface area contributed by atoms with Gasteiger partial charge >= 0.3 is 11.9 Å². The molecule has 172 valence electrons. The summed E-state index contributed by atoms with van der Waals surface area (Å²) >= 11 is 0. The van der Waals surface area contributed by atoms with Crippen molar-refractivity contribution in [2.24, 2.45) is 11.7 Å². The first kappa shape index (κ1) is 27.2. The smallest absolute Gasteiger partial charge is 0.328 e. The van der Waals surface area contributed by atoms with Gasteiger partial charge in [0.2, 0.25) is 17.7 Å². The lowest BCUT2D eigenvalue weighted by atomic mass is 9.99. The summed E-state index contributed by atoms with van der Waals surface area (Å²) in [5, 5.41) is 42.5. The maximum absolute atomic E-state index is 12.4. The van der Waals surface area contributed by atoms with Gasteiger partial charge in [0, 0.05) is 6.42 Å². The van der Waals surface area contributed by atoms with Gasteiger partial charge in [-0.15, -0.1) is 0 Å². The number of nitrogens with one attached hydrogen (secondary N) is 3. The standard InChI is InChI=1S/C17H30N4O9/c1-3-8(2)13(18)16(28)20-10(6-22)15(27)19-9(4-5-12(24)25)14(26)21-11(7-23)17(29)30/h8-11,13,22-23H,3-7,18H2,1-2H3,(H,19,27)(H,20,28)(H,21,26)(H,24,25)(H,29,30). The van der Waals surface area contributed by atoms with Crippen molar-refractivity contribution in [3.63, 3.8) is 0 Å². The van der Waals surface area contributed by atoms with Crippen LogP contribution in [0.3, 0.4) is 0 Å². The molecule has 0 saturated carbocycles. The number of aliphatic carboxylic acids is 2. The summed E-state index contributed by atoms with van der Waals surface area (Å²) in [6.07, 6.45) is -0.342. The summed E-state index contributed by atoms with van der Waals surface area (Å²) in [6.45, 7) is 1.79. The number of aliphatic hydroxyl groups excluding tert-OH is 2. The summed E-state index contributed by atoms with van der Waals surface area (Å²) in [5.41, 5.74) is 5.77. The molecule has 0 fully saturated rings.